The van der Waals surface area contributed by atoms with Crippen molar-refractivity contribution in [2.24, 2.45) is 0 Å². The molecule has 10 nitrogen and oxygen atoms in total. The molecule has 11 heteroatoms. The Balaban J connectivity index is 1.53. The van der Waals surface area contributed by atoms with Crippen LogP contribution in [0.1, 0.15) is 21.0 Å². The van der Waals surface area contributed by atoms with Crippen molar-refractivity contribution in [2.45, 2.75) is 0 Å². The van der Waals surface area contributed by atoms with Crippen LogP contribution < -0.4 is 24.8 Å². The highest BCUT2D eigenvalue weighted by Crippen LogP contribution is 2.38. The van der Waals surface area contributed by atoms with Gasteiger partial charge in [0.2, 0.25) is 11.6 Å². The lowest BCUT2D eigenvalue weighted by molar-refractivity contribution is 0.0898. The van der Waals surface area contributed by atoms with Crippen molar-refractivity contribution in [1.82, 2.24) is 20.8 Å². The highest BCUT2D eigenvalue weighted by molar-refractivity contribution is 7.13. The maximum absolute atomic E-state index is 12.4. The van der Waals surface area contributed by atoms with E-state index in [0.29, 0.717) is 28.6 Å². The summed E-state index contributed by atoms with van der Waals surface area (Å²) in [6.07, 6.45) is 0. The van der Waals surface area contributed by atoms with Gasteiger partial charge in [-0.05, 0) is 23.6 Å². The topological polar surface area (TPSA) is 125 Å². The average Bonchev–Trinajstić information content (AvgIpc) is 3.47. The minimum Gasteiger partial charge on any atom is -0.493 e. The van der Waals surface area contributed by atoms with Gasteiger partial charge in [-0.1, -0.05) is 11.2 Å². The summed E-state index contributed by atoms with van der Waals surface area (Å²) in [5.41, 5.74) is 0.327. The van der Waals surface area contributed by atoms with Crippen LogP contribution in [0.15, 0.2) is 34.2 Å². The molecular weight excluding hydrogens is 412 g/mol. The second-order valence-electron chi connectivity index (χ2n) is 5.83. The number of methoxy groups -OCH3 is 3. The van der Waals surface area contributed by atoms with E-state index in [2.05, 4.69) is 20.8 Å². The fraction of sp³-hybridized carbons (Fsp3) is 0.263. The van der Waals surface area contributed by atoms with Crippen LogP contribution in [-0.4, -0.2) is 56.4 Å². The Bertz CT molecular complexity index is 993. The molecule has 0 aliphatic rings. The van der Waals surface area contributed by atoms with Crippen molar-refractivity contribution in [3.63, 3.8) is 0 Å². The van der Waals surface area contributed by atoms with Gasteiger partial charge in [0.05, 0.1) is 26.2 Å². The highest BCUT2D eigenvalue weighted by atomic mass is 32.1. The summed E-state index contributed by atoms with van der Waals surface area (Å²) >= 11 is 1.44. The number of benzene rings is 1. The molecule has 0 unspecified atom stereocenters. The van der Waals surface area contributed by atoms with E-state index < -0.39 is 5.91 Å². The molecule has 30 heavy (non-hydrogen) atoms. The zero-order chi connectivity index (χ0) is 21.5. The van der Waals surface area contributed by atoms with E-state index in [9.17, 15) is 9.59 Å². The van der Waals surface area contributed by atoms with E-state index in [4.69, 9.17) is 18.7 Å². The summed E-state index contributed by atoms with van der Waals surface area (Å²) in [6, 6.07) is 6.77. The number of carbonyl (C=O) groups excluding carboxylic acids is 2. The van der Waals surface area contributed by atoms with Gasteiger partial charge in [0.1, 0.15) is 0 Å². The van der Waals surface area contributed by atoms with E-state index in [1.807, 2.05) is 17.5 Å². The zero-order valence-corrected chi connectivity index (χ0v) is 17.4. The average molecular weight is 432 g/mol. The molecule has 0 aliphatic carbocycles. The number of amides is 2. The Labute approximate surface area is 176 Å². The second kappa shape index (κ2) is 9.74. The lowest BCUT2D eigenvalue weighted by Gasteiger charge is -2.14. The van der Waals surface area contributed by atoms with E-state index in [0.717, 1.165) is 4.88 Å². The fourth-order valence-corrected chi connectivity index (χ4v) is 3.21. The molecule has 158 valence electrons. The predicted molar refractivity (Wildman–Crippen MR) is 108 cm³/mol. The summed E-state index contributed by atoms with van der Waals surface area (Å²) < 4.78 is 20.7. The van der Waals surface area contributed by atoms with Gasteiger partial charge >= 0.3 is 11.8 Å². The third-order valence-electron chi connectivity index (χ3n) is 3.98. The van der Waals surface area contributed by atoms with Crippen LogP contribution in [0.4, 0.5) is 0 Å². The lowest BCUT2D eigenvalue weighted by atomic mass is 10.1. The van der Waals surface area contributed by atoms with E-state index in [1.54, 1.807) is 12.1 Å². The predicted octanol–water partition coefficient (Wildman–Crippen LogP) is 1.98. The third-order valence-corrected chi connectivity index (χ3v) is 4.85. The van der Waals surface area contributed by atoms with Crippen LogP contribution in [0.3, 0.4) is 0 Å². The number of hydrogen-bond donors (Lipinski definition) is 2. The van der Waals surface area contributed by atoms with Crippen LogP contribution in [0.5, 0.6) is 17.2 Å². The number of nitrogens with zero attached hydrogens (tertiary/aromatic N) is 2. The molecule has 2 aromatic heterocycles. The molecule has 2 N–H and O–H groups in total. The van der Waals surface area contributed by atoms with Crippen LogP contribution in [0.2, 0.25) is 0 Å². The minimum atomic E-state index is -0.521. The smallest absolute Gasteiger partial charge is 0.316 e. The Kier molecular flexibility index (Phi) is 6.86. The molecule has 0 saturated carbocycles. The number of carbonyl (C=O) groups is 2. The fourth-order valence-electron chi connectivity index (χ4n) is 2.56. The molecule has 2 amide bonds. The summed E-state index contributed by atoms with van der Waals surface area (Å²) in [6.45, 7) is 0.360. The van der Waals surface area contributed by atoms with E-state index in [-0.39, 0.29) is 24.9 Å². The van der Waals surface area contributed by atoms with E-state index >= 15 is 0 Å². The van der Waals surface area contributed by atoms with Crippen molar-refractivity contribution in [1.29, 1.82) is 0 Å². The highest BCUT2D eigenvalue weighted by Gasteiger charge is 2.18. The first kappa shape index (κ1) is 21.1. The number of hydrogen-bond acceptors (Lipinski definition) is 9. The molecule has 0 aliphatic heterocycles. The van der Waals surface area contributed by atoms with Crippen LogP contribution >= 0.6 is 11.3 Å². The number of nitrogens with one attached hydrogen (secondary N) is 2. The van der Waals surface area contributed by atoms with E-state index in [1.165, 1.54) is 32.7 Å². The van der Waals surface area contributed by atoms with Crippen molar-refractivity contribution in [2.75, 3.05) is 34.4 Å². The molecule has 0 fully saturated rings. The van der Waals surface area contributed by atoms with Crippen LogP contribution in [0.25, 0.3) is 10.7 Å². The van der Waals surface area contributed by atoms with Gasteiger partial charge in [0.15, 0.2) is 11.5 Å². The number of ether oxygens (including phenoxy) is 3. The Morgan fingerprint density at radius 3 is 2.27 bits per heavy atom. The summed E-state index contributed by atoms with van der Waals surface area (Å²) in [5, 5.41) is 11.0. The first-order chi connectivity index (χ1) is 14.6. The van der Waals surface area contributed by atoms with Gasteiger partial charge in [0.25, 0.3) is 5.91 Å². The molecule has 0 radical (unpaired) electrons. The van der Waals surface area contributed by atoms with Crippen molar-refractivity contribution < 1.29 is 28.3 Å². The van der Waals surface area contributed by atoms with Crippen LogP contribution in [-0.2, 0) is 0 Å². The number of aromatic nitrogens is 2. The normalized spacial score (nSPS) is 10.4. The quantitative estimate of drug-likeness (QED) is 0.492. The second-order valence-corrected chi connectivity index (χ2v) is 6.77. The maximum Gasteiger partial charge on any atom is 0.316 e. The van der Waals surface area contributed by atoms with Gasteiger partial charge < -0.3 is 29.4 Å². The summed E-state index contributed by atoms with van der Waals surface area (Å²) in [5.74, 6) is 0.459. The summed E-state index contributed by atoms with van der Waals surface area (Å²) in [4.78, 5) is 29.4. The molecular formula is C19H20N4O6S. The van der Waals surface area contributed by atoms with Gasteiger partial charge in [-0.25, -0.2) is 0 Å². The molecule has 3 rings (SSSR count). The largest absolute Gasteiger partial charge is 0.493 e. The standard InChI is InChI=1S/C19H20N4O6S/c1-26-12-9-11(10-13(27-2)15(12)28-3)17(24)20-6-7-21-18(25)19-22-16(23-29-19)14-5-4-8-30-14/h4-5,8-10H,6-7H2,1-3H3,(H,20,24)(H,21,25). The van der Waals surface area contributed by atoms with Gasteiger partial charge in [0, 0.05) is 18.7 Å². The SMILES string of the molecule is COc1cc(C(=O)NCCNC(=O)c2nc(-c3cccs3)no2)cc(OC)c1OC. The molecule has 3 aromatic rings. The summed E-state index contributed by atoms with van der Waals surface area (Å²) in [7, 11) is 4.42. The van der Waals surface area contributed by atoms with Crippen LogP contribution in [0, 0.1) is 0 Å². The third kappa shape index (κ3) is 4.69. The number of rotatable bonds is 9. The molecule has 0 spiro atoms. The molecule has 0 atom stereocenters. The molecule has 0 bridgehead atoms. The van der Waals surface area contributed by atoms with Gasteiger partial charge in [-0.15, -0.1) is 11.3 Å². The first-order valence-electron chi connectivity index (χ1n) is 8.81. The Morgan fingerprint density at radius 2 is 1.70 bits per heavy atom. The molecule has 2 heterocycles. The maximum atomic E-state index is 12.4. The lowest BCUT2D eigenvalue weighted by Crippen LogP contribution is -2.34. The first-order valence-corrected chi connectivity index (χ1v) is 9.69. The van der Waals surface area contributed by atoms with Crippen molar-refractivity contribution in [3.8, 4) is 28.0 Å². The molecule has 1 aromatic carbocycles. The Morgan fingerprint density at radius 1 is 1.03 bits per heavy atom. The van der Waals surface area contributed by atoms with Gasteiger partial charge in [-0.2, -0.15) is 4.98 Å². The Hall–Kier alpha value is -3.60. The zero-order valence-electron chi connectivity index (χ0n) is 16.6. The van der Waals surface area contributed by atoms with Crippen molar-refractivity contribution >= 4 is 23.2 Å². The molecule has 0 saturated heterocycles. The monoisotopic (exact) mass is 432 g/mol. The van der Waals surface area contributed by atoms with Crippen molar-refractivity contribution in [3.05, 3.63) is 41.1 Å². The minimum absolute atomic E-state index is 0.144. The number of thiophene rings is 1. The van der Waals surface area contributed by atoms with Gasteiger partial charge in [-0.3, -0.25) is 9.59 Å².